The Kier molecular flexibility index (Phi) is 3.62. The van der Waals surface area contributed by atoms with Crippen molar-refractivity contribution in [3.8, 4) is 0 Å². The van der Waals surface area contributed by atoms with Crippen LogP contribution in [0.3, 0.4) is 0 Å². The number of aryl methyl sites for hydroxylation is 1. The second-order valence-corrected chi connectivity index (χ2v) is 6.26. The molecule has 118 valence electrons. The summed E-state index contributed by atoms with van der Waals surface area (Å²) in [4.78, 5) is 4.60. The molecular weight excluding hydrogens is 291 g/mol. The van der Waals surface area contributed by atoms with Gasteiger partial charge in [-0.2, -0.15) is 0 Å². The van der Waals surface area contributed by atoms with Gasteiger partial charge in [0.25, 0.3) is 0 Å². The molecule has 3 aromatic rings. The predicted octanol–water partition coefficient (Wildman–Crippen LogP) is 3.88. The third-order valence-electron chi connectivity index (χ3n) is 4.58. The van der Waals surface area contributed by atoms with Crippen LogP contribution in [0.2, 0.25) is 0 Å². The van der Waals surface area contributed by atoms with Crippen molar-refractivity contribution in [1.29, 1.82) is 0 Å². The van der Waals surface area contributed by atoms with Gasteiger partial charge in [0.05, 0.1) is 18.3 Å². The Balaban J connectivity index is 1.70. The third kappa shape index (κ3) is 2.75. The van der Waals surface area contributed by atoms with Crippen LogP contribution in [0, 0.1) is 12.7 Å². The zero-order valence-electron chi connectivity index (χ0n) is 13.1. The number of ether oxygens (including phenoxy) is 1. The zero-order valence-corrected chi connectivity index (χ0v) is 13.1. The average Bonchev–Trinajstić information content (AvgIpc) is 3.17. The molecular formula is C19H19FN2O. The molecule has 0 saturated carbocycles. The first-order valence-electron chi connectivity index (χ1n) is 7.99. The Hall–Kier alpha value is -2.20. The average molecular weight is 310 g/mol. The molecule has 1 aromatic carbocycles. The fourth-order valence-corrected chi connectivity index (χ4v) is 3.30. The summed E-state index contributed by atoms with van der Waals surface area (Å²) >= 11 is 0. The third-order valence-corrected chi connectivity index (χ3v) is 4.58. The Labute approximate surface area is 134 Å². The van der Waals surface area contributed by atoms with E-state index >= 15 is 0 Å². The van der Waals surface area contributed by atoms with E-state index in [0.717, 1.165) is 43.0 Å². The molecule has 4 rings (SSSR count). The fourth-order valence-electron chi connectivity index (χ4n) is 3.30. The molecule has 1 fully saturated rings. The van der Waals surface area contributed by atoms with Gasteiger partial charge in [0.1, 0.15) is 11.6 Å². The van der Waals surface area contributed by atoms with Gasteiger partial charge < -0.3 is 9.14 Å². The van der Waals surface area contributed by atoms with Crippen molar-refractivity contribution in [3.63, 3.8) is 0 Å². The molecule has 0 bridgehead atoms. The summed E-state index contributed by atoms with van der Waals surface area (Å²) in [5.41, 5.74) is 4.47. The van der Waals surface area contributed by atoms with E-state index in [9.17, 15) is 4.39 Å². The van der Waals surface area contributed by atoms with Gasteiger partial charge in [-0.1, -0.05) is 12.1 Å². The minimum absolute atomic E-state index is 0.186. The number of rotatable bonds is 3. The fraction of sp³-hybridized carbons (Fsp3) is 0.316. The SMILES string of the molecule is Cc1cn2c(C3CCOC3)ncc2cc1Cc1cccc(F)c1. The zero-order chi connectivity index (χ0) is 15.8. The van der Waals surface area contributed by atoms with Crippen molar-refractivity contribution >= 4 is 5.52 Å². The van der Waals surface area contributed by atoms with Crippen molar-refractivity contribution in [2.45, 2.75) is 25.7 Å². The Morgan fingerprint density at radius 1 is 1.35 bits per heavy atom. The lowest BCUT2D eigenvalue weighted by Gasteiger charge is -2.11. The smallest absolute Gasteiger partial charge is 0.123 e. The van der Waals surface area contributed by atoms with Crippen LogP contribution >= 0.6 is 0 Å². The molecule has 1 saturated heterocycles. The van der Waals surface area contributed by atoms with Crippen LogP contribution in [0.15, 0.2) is 42.7 Å². The van der Waals surface area contributed by atoms with Crippen molar-refractivity contribution in [2.75, 3.05) is 13.2 Å². The summed E-state index contributed by atoms with van der Waals surface area (Å²) in [5, 5.41) is 0. The highest BCUT2D eigenvalue weighted by atomic mass is 19.1. The van der Waals surface area contributed by atoms with E-state index in [0.29, 0.717) is 5.92 Å². The number of fused-ring (bicyclic) bond motifs is 1. The summed E-state index contributed by atoms with van der Waals surface area (Å²) in [6.07, 6.45) is 5.82. The van der Waals surface area contributed by atoms with Crippen molar-refractivity contribution in [3.05, 3.63) is 71.1 Å². The number of aromatic nitrogens is 2. The molecule has 0 N–H and O–H groups in total. The molecule has 23 heavy (non-hydrogen) atoms. The van der Waals surface area contributed by atoms with E-state index in [2.05, 4.69) is 28.6 Å². The second kappa shape index (κ2) is 5.78. The largest absolute Gasteiger partial charge is 0.381 e. The summed E-state index contributed by atoms with van der Waals surface area (Å²) < 4.78 is 21.0. The Bertz CT molecular complexity index is 850. The lowest BCUT2D eigenvalue weighted by atomic mass is 10.0. The molecule has 3 heterocycles. The molecule has 2 aromatic heterocycles. The summed E-state index contributed by atoms with van der Waals surface area (Å²) in [5.74, 6) is 1.28. The number of hydrogen-bond acceptors (Lipinski definition) is 2. The monoisotopic (exact) mass is 310 g/mol. The van der Waals surface area contributed by atoms with Gasteiger partial charge in [-0.25, -0.2) is 9.37 Å². The van der Waals surface area contributed by atoms with Crippen LogP contribution < -0.4 is 0 Å². The first kappa shape index (κ1) is 14.4. The quantitative estimate of drug-likeness (QED) is 0.734. The standard InChI is InChI=1S/C19H19FN2O/c1-13-11-22-18(10-21-19(22)15-5-6-23-12-15)9-16(13)7-14-3-2-4-17(20)8-14/h2-4,8-11,15H,5-7,12H2,1H3. The van der Waals surface area contributed by atoms with Gasteiger partial charge in [0.15, 0.2) is 0 Å². The molecule has 0 spiro atoms. The number of imidazole rings is 1. The van der Waals surface area contributed by atoms with Gasteiger partial charge >= 0.3 is 0 Å². The van der Waals surface area contributed by atoms with Crippen molar-refractivity contribution in [2.24, 2.45) is 0 Å². The highest BCUT2D eigenvalue weighted by molar-refractivity contribution is 5.52. The van der Waals surface area contributed by atoms with E-state index in [1.165, 1.54) is 17.2 Å². The Morgan fingerprint density at radius 3 is 3.04 bits per heavy atom. The molecule has 1 aliphatic rings. The molecule has 0 radical (unpaired) electrons. The number of pyridine rings is 1. The van der Waals surface area contributed by atoms with Crippen LogP contribution in [-0.2, 0) is 11.2 Å². The summed E-state index contributed by atoms with van der Waals surface area (Å²) in [6.45, 7) is 3.67. The van der Waals surface area contributed by atoms with Crippen LogP contribution in [0.5, 0.6) is 0 Å². The lowest BCUT2D eigenvalue weighted by molar-refractivity contribution is 0.193. The van der Waals surface area contributed by atoms with Crippen molar-refractivity contribution in [1.82, 2.24) is 9.38 Å². The lowest BCUT2D eigenvalue weighted by Crippen LogP contribution is -2.05. The van der Waals surface area contributed by atoms with Crippen molar-refractivity contribution < 1.29 is 9.13 Å². The van der Waals surface area contributed by atoms with Gasteiger partial charge in [0.2, 0.25) is 0 Å². The first-order valence-corrected chi connectivity index (χ1v) is 7.99. The maximum atomic E-state index is 13.4. The highest BCUT2D eigenvalue weighted by Gasteiger charge is 2.22. The van der Waals surface area contributed by atoms with Crippen LogP contribution in [0.4, 0.5) is 4.39 Å². The maximum absolute atomic E-state index is 13.4. The van der Waals surface area contributed by atoms with E-state index < -0.39 is 0 Å². The highest BCUT2D eigenvalue weighted by Crippen LogP contribution is 2.26. The molecule has 4 heteroatoms. The van der Waals surface area contributed by atoms with Crippen LogP contribution in [0.1, 0.15) is 34.9 Å². The van der Waals surface area contributed by atoms with E-state index in [1.807, 2.05) is 12.3 Å². The molecule has 1 atom stereocenters. The predicted molar refractivity (Wildman–Crippen MR) is 87.3 cm³/mol. The minimum Gasteiger partial charge on any atom is -0.381 e. The Morgan fingerprint density at radius 2 is 2.26 bits per heavy atom. The first-order chi connectivity index (χ1) is 11.2. The number of hydrogen-bond donors (Lipinski definition) is 0. The topological polar surface area (TPSA) is 26.5 Å². The molecule has 1 aliphatic heterocycles. The molecule has 1 unspecified atom stereocenters. The number of halogens is 1. The van der Waals surface area contributed by atoms with Gasteiger partial charge in [0, 0.05) is 18.7 Å². The van der Waals surface area contributed by atoms with E-state index in [-0.39, 0.29) is 5.82 Å². The molecule has 0 amide bonds. The summed E-state index contributed by atoms with van der Waals surface area (Å²) in [6, 6.07) is 8.96. The van der Waals surface area contributed by atoms with E-state index in [1.54, 1.807) is 12.1 Å². The van der Waals surface area contributed by atoms with Gasteiger partial charge in [-0.3, -0.25) is 0 Å². The van der Waals surface area contributed by atoms with Crippen LogP contribution in [0.25, 0.3) is 5.52 Å². The van der Waals surface area contributed by atoms with Gasteiger partial charge in [-0.15, -0.1) is 0 Å². The number of benzene rings is 1. The summed E-state index contributed by atoms with van der Waals surface area (Å²) in [7, 11) is 0. The minimum atomic E-state index is -0.186. The number of nitrogens with zero attached hydrogens (tertiary/aromatic N) is 2. The van der Waals surface area contributed by atoms with Crippen LogP contribution in [-0.4, -0.2) is 22.6 Å². The van der Waals surface area contributed by atoms with E-state index in [4.69, 9.17) is 4.74 Å². The second-order valence-electron chi connectivity index (χ2n) is 6.26. The molecule has 0 aliphatic carbocycles. The normalized spacial score (nSPS) is 17.9. The molecule has 3 nitrogen and oxygen atoms in total. The maximum Gasteiger partial charge on any atom is 0.123 e. The van der Waals surface area contributed by atoms with Gasteiger partial charge in [-0.05, 0) is 54.7 Å².